The first kappa shape index (κ1) is 12.4. The minimum Gasteiger partial charge on any atom is -0.394 e. The molecular weight excluding hydrogens is 206 g/mol. The molecule has 1 heterocycles. The Morgan fingerprint density at radius 2 is 2.25 bits per heavy atom. The predicted molar refractivity (Wildman–Crippen MR) is 62.4 cm³/mol. The van der Waals surface area contributed by atoms with E-state index in [2.05, 4.69) is 15.6 Å². The first-order valence-electron chi connectivity index (χ1n) is 5.06. The summed E-state index contributed by atoms with van der Waals surface area (Å²) < 4.78 is 0. The summed E-state index contributed by atoms with van der Waals surface area (Å²) in [5.41, 5.74) is -0.110. The van der Waals surface area contributed by atoms with Crippen molar-refractivity contribution in [3.63, 3.8) is 0 Å². The molecule has 1 aromatic heterocycles. The second-order valence-electron chi connectivity index (χ2n) is 4.18. The van der Waals surface area contributed by atoms with E-state index < -0.39 is 5.54 Å². The van der Waals surface area contributed by atoms with Gasteiger partial charge in [-0.15, -0.1) is 0 Å². The van der Waals surface area contributed by atoms with Crippen LogP contribution in [0.1, 0.15) is 24.2 Å². The molecule has 1 rings (SSSR count). The van der Waals surface area contributed by atoms with E-state index in [1.54, 1.807) is 39.2 Å². The number of pyridine rings is 1. The van der Waals surface area contributed by atoms with E-state index >= 15 is 0 Å². The molecule has 0 aliphatic rings. The summed E-state index contributed by atoms with van der Waals surface area (Å²) in [6.45, 7) is 3.40. The minimum atomic E-state index is -0.625. The normalized spacial score (nSPS) is 11.0. The SMILES string of the molecule is CNc1cc(C(=O)NC(C)(C)CO)ccn1. The largest absolute Gasteiger partial charge is 0.394 e. The zero-order valence-electron chi connectivity index (χ0n) is 9.74. The van der Waals surface area contributed by atoms with E-state index in [4.69, 9.17) is 5.11 Å². The van der Waals surface area contributed by atoms with Gasteiger partial charge in [-0.25, -0.2) is 4.98 Å². The number of rotatable bonds is 4. The van der Waals surface area contributed by atoms with Crippen molar-refractivity contribution < 1.29 is 9.90 Å². The highest BCUT2D eigenvalue weighted by Gasteiger charge is 2.20. The molecule has 0 aliphatic heterocycles. The lowest BCUT2D eigenvalue weighted by molar-refractivity contribution is 0.0869. The maximum Gasteiger partial charge on any atom is 0.251 e. The third kappa shape index (κ3) is 3.20. The molecule has 0 spiro atoms. The number of hydrogen-bond acceptors (Lipinski definition) is 4. The molecule has 0 radical (unpaired) electrons. The van der Waals surface area contributed by atoms with Gasteiger partial charge in [-0.3, -0.25) is 4.79 Å². The fourth-order valence-corrected chi connectivity index (χ4v) is 1.13. The van der Waals surface area contributed by atoms with Crippen LogP contribution in [-0.4, -0.2) is 35.2 Å². The van der Waals surface area contributed by atoms with Gasteiger partial charge in [0.25, 0.3) is 5.91 Å². The lowest BCUT2D eigenvalue weighted by atomic mass is 10.1. The molecule has 0 saturated heterocycles. The Kier molecular flexibility index (Phi) is 3.84. The zero-order chi connectivity index (χ0) is 12.2. The zero-order valence-corrected chi connectivity index (χ0v) is 9.74. The average molecular weight is 223 g/mol. The minimum absolute atomic E-state index is 0.108. The van der Waals surface area contributed by atoms with E-state index in [9.17, 15) is 4.79 Å². The van der Waals surface area contributed by atoms with Gasteiger partial charge in [-0.1, -0.05) is 0 Å². The maximum atomic E-state index is 11.8. The number of aliphatic hydroxyl groups is 1. The van der Waals surface area contributed by atoms with Crippen molar-refractivity contribution in [2.75, 3.05) is 19.0 Å². The van der Waals surface area contributed by atoms with Gasteiger partial charge in [-0.2, -0.15) is 0 Å². The third-order valence-electron chi connectivity index (χ3n) is 2.13. The van der Waals surface area contributed by atoms with Crippen molar-refractivity contribution >= 4 is 11.7 Å². The topological polar surface area (TPSA) is 74.2 Å². The highest BCUT2D eigenvalue weighted by atomic mass is 16.3. The van der Waals surface area contributed by atoms with Crippen LogP contribution in [0.3, 0.4) is 0 Å². The number of aromatic nitrogens is 1. The summed E-state index contributed by atoms with van der Waals surface area (Å²) in [5, 5.41) is 14.6. The Balaban J connectivity index is 2.80. The number of nitrogens with zero attached hydrogens (tertiary/aromatic N) is 1. The Labute approximate surface area is 94.9 Å². The number of carbonyl (C=O) groups is 1. The fraction of sp³-hybridized carbons (Fsp3) is 0.455. The second-order valence-corrected chi connectivity index (χ2v) is 4.18. The Morgan fingerprint density at radius 3 is 2.81 bits per heavy atom. The molecule has 0 saturated carbocycles. The van der Waals surface area contributed by atoms with Gasteiger partial charge in [0.1, 0.15) is 5.82 Å². The number of amides is 1. The molecule has 1 aromatic rings. The van der Waals surface area contributed by atoms with Crippen LogP contribution in [0.15, 0.2) is 18.3 Å². The van der Waals surface area contributed by atoms with Gasteiger partial charge in [0.15, 0.2) is 0 Å². The van der Waals surface area contributed by atoms with Crippen LogP contribution in [-0.2, 0) is 0 Å². The number of carbonyl (C=O) groups excluding carboxylic acids is 1. The summed E-state index contributed by atoms with van der Waals surface area (Å²) in [6, 6.07) is 3.28. The van der Waals surface area contributed by atoms with E-state index in [-0.39, 0.29) is 12.5 Å². The predicted octanol–water partition coefficient (Wildman–Crippen LogP) is 0.624. The van der Waals surface area contributed by atoms with E-state index in [1.165, 1.54) is 0 Å². The summed E-state index contributed by atoms with van der Waals surface area (Å²) >= 11 is 0. The second kappa shape index (κ2) is 4.94. The molecule has 1 amide bonds. The molecule has 5 heteroatoms. The van der Waals surface area contributed by atoms with Crippen LogP contribution >= 0.6 is 0 Å². The molecule has 3 N–H and O–H groups in total. The lowest BCUT2D eigenvalue weighted by Crippen LogP contribution is -2.46. The quantitative estimate of drug-likeness (QED) is 0.699. The Hall–Kier alpha value is -1.62. The molecule has 0 unspecified atom stereocenters. The van der Waals surface area contributed by atoms with Crippen LogP contribution in [0.4, 0.5) is 5.82 Å². The Bertz CT molecular complexity index is 377. The van der Waals surface area contributed by atoms with Gasteiger partial charge in [0, 0.05) is 18.8 Å². The standard InChI is InChI=1S/C11H17N3O2/c1-11(2,7-15)14-10(16)8-4-5-13-9(6-8)12-3/h4-6,15H,7H2,1-3H3,(H,12,13)(H,14,16). The van der Waals surface area contributed by atoms with E-state index in [0.29, 0.717) is 11.4 Å². The monoisotopic (exact) mass is 223 g/mol. The number of nitrogens with one attached hydrogen (secondary N) is 2. The summed E-state index contributed by atoms with van der Waals surface area (Å²) in [7, 11) is 1.74. The van der Waals surface area contributed by atoms with Crippen LogP contribution in [0.25, 0.3) is 0 Å². The Morgan fingerprint density at radius 1 is 1.56 bits per heavy atom. The van der Waals surface area contributed by atoms with Crippen LogP contribution in [0.2, 0.25) is 0 Å². The van der Waals surface area contributed by atoms with Gasteiger partial charge in [0.05, 0.1) is 12.1 Å². The van der Waals surface area contributed by atoms with Crippen molar-refractivity contribution in [2.45, 2.75) is 19.4 Å². The molecule has 88 valence electrons. The van der Waals surface area contributed by atoms with Crippen LogP contribution < -0.4 is 10.6 Å². The molecule has 0 bridgehead atoms. The summed E-state index contributed by atoms with van der Waals surface area (Å²) in [5.74, 6) is 0.410. The van der Waals surface area contributed by atoms with E-state index in [0.717, 1.165) is 0 Å². The van der Waals surface area contributed by atoms with Crippen LogP contribution in [0, 0.1) is 0 Å². The maximum absolute atomic E-state index is 11.8. The molecule has 0 fully saturated rings. The molecule has 16 heavy (non-hydrogen) atoms. The van der Waals surface area contributed by atoms with Gasteiger partial charge < -0.3 is 15.7 Å². The lowest BCUT2D eigenvalue weighted by Gasteiger charge is -2.23. The molecule has 5 nitrogen and oxygen atoms in total. The highest BCUT2D eigenvalue weighted by molar-refractivity contribution is 5.95. The average Bonchev–Trinajstić information content (AvgIpc) is 2.28. The van der Waals surface area contributed by atoms with Crippen molar-refractivity contribution in [3.05, 3.63) is 23.9 Å². The smallest absolute Gasteiger partial charge is 0.251 e. The van der Waals surface area contributed by atoms with Gasteiger partial charge in [-0.05, 0) is 26.0 Å². The van der Waals surface area contributed by atoms with Crippen molar-refractivity contribution in [3.8, 4) is 0 Å². The molecule has 0 aliphatic carbocycles. The van der Waals surface area contributed by atoms with Gasteiger partial charge in [0.2, 0.25) is 0 Å². The fourth-order valence-electron chi connectivity index (χ4n) is 1.13. The number of hydrogen-bond donors (Lipinski definition) is 3. The first-order chi connectivity index (χ1) is 7.48. The number of anilines is 1. The summed E-state index contributed by atoms with van der Waals surface area (Å²) in [6.07, 6.45) is 1.56. The molecular formula is C11H17N3O2. The third-order valence-corrected chi connectivity index (χ3v) is 2.13. The molecule has 0 aromatic carbocycles. The summed E-state index contributed by atoms with van der Waals surface area (Å²) in [4.78, 5) is 15.8. The van der Waals surface area contributed by atoms with Crippen LogP contribution in [0.5, 0.6) is 0 Å². The first-order valence-corrected chi connectivity index (χ1v) is 5.06. The van der Waals surface area contributed by atoms with Crippen molar-refractivity contribution in [1.82, 2.24) is 10.3 Å². The van der Waals surface area contributed by atoms with Gasteiger partial charge >= 0.3 is 0 Å². The van der Waals surface area contributed by atoms with E-state index in [1.807, 2.05) is 0 Å². The molecule has 0 atom stereocenters. The van der Waals surface area contributed by atoms with Crippen molar-refractivity contribution in [2.24, 2.45) is 0 Å². The number of aliphatic hydroxyl groups excluding tert-OH is 1. The highest BCUT2D eigenvalue weighted by Crippen LogP contribution is 2.08. The van der Waals surface area contributed by atoms with Crippen molar-refractivity contribution in [1.29, 1.82) is 0 Å².